The number of pyridine rings is 1. The molecule has 0 radical (unpaired) electrons. The molecule has 3 aliphatic rings. The zero-order valence-electron chi connectivity index (χ0n) is 14.8. The molecule has 0 spiro atoms. The number of rotatable bonds is 3. The van der Waals surface area contributed by atoms with Crippen LogP contribution in [0.25, 0.3) is 0 Å². The number of nitrogens with zero attached hydrogens (tertiary/aromatic N) is 3. The Kier molecular flexibility index (Phi) is 4.53. The lowest BCUT2D eigenvalue weighted by atomic mass is 9.94. The highest BCUT2D eigenvalue weighted by Gasteiger charge is 2.37. The van der Waals surface area contributed by atoms with E-state index in [9.17, 15) is 4.79 Å². The van der Waals surface area contributed by atoms with Gasteiger partial charge in [0.25, 0.3) is 5.91 Å². The van der Waals surface area contributed by atoms with Crippen LogP contribution in [0.15, 0.2) is 48.7 Å². The molecule has 0 aliphatic carbocycles. The SMILES string of the molecule is Cc1ccc(C(=O)N2C[C@H]3CC[C@@H]2CN(Cc2ccccc2)C3)cn1. The molecule has 3 fully saturated rings. The number of hydrogen-bond acceptors (Lipinski definition) is 3. The van der Waals surface area contributed by atoms with Crippen molar-refractivity contribution in [2.75, 3.05) is 19.6 Å². The normalized spacial score (nSPS) is 23.5. The quantitative estimate of drug-likeness (QED) is 0.865. The third-order valence-corrected chi connectivity index (χ3v) is 5.46. The Morgan fingerprint density at radius 1 is 1.08 bits per heavy atom. The summed E-state index contributed by atoms with van der Waals surface area (Å²) in [5.41, 5.74) is 3.01. The third-order valence-electron chi connectivity index (χ3n) is 5.46. The molecule has 1 aromatic carbocycles. The maximum absolute atomic E-state index is 13.0. The lowest BCUT2D eigenvalue weighted by Gasteiger charge is -2.36. The van der Waals surface area contributed by atoms with Crippen LogP contribution in [-0.2, 0) is 6.54 Å². The van der Waals surface area contributed by atoms with Crippen LogP contribution >= 0.6 is 0 Å². The summed E-state index contributed by atoms with van der Waals surface area (Å²) in [6, 6.07) is 14.8. The zero-order chi connectivity index (χ0) is 17.2. The van der Waals surface area contributed by atoms with Crippen LogP contribution in [0.1, 0.15) is 34.5 Å². The molecule has 3 aliphatic heterocycles. The molecule has 2 aromatic rings. The zero-order valence-corrected chi connectivity index (χ0v) is 14.8. The molecule has 4 nitrogen and oxygen atoms in total. The Balaban J connectivity index is 1.49. The number of fused-ring (bicyclic) bond motifs is 4. The summed E-state index contributed by atoms with van der Waals surface area (Å²) in [4.78, 5) is 21.9. The Labute approximate surface area is 149 Å². The first-order chi connectivity index (χ1) is 12.2. The number of carbonyl (C=O) groups excluding carboxylic acids is 1. The second-order valence-electron chi connectivity index (χ2n) is 7.42. The number of piperidine rings is 1. The fraction of sp³-hybridized carbons (Fsp3) is 0.429. The van der Waals surface area contributed by atoms with Gasteiger partial charge >= 0.3 is 0 Å². The minimum atomic E-state index is 0.142. The molecule has 5 rings (SSSR count). The lowest BCUT2D eigenvalue weighted by molar-refractivity contribution is 0.0584. The van der Waals surface area contributed by atoms with Gasteiger partial charge in [-0.25, -0.2) is 0 Å². The number of benzene rings is 1. The van der Waals surface area contributed by atoms with Gasteiger partial charge in [0.15, 0.2) is 0 Å². The minimum absolute atomic E-state index is 0.142. The van der Waals surface area contributed by atoms with Crippen molar-refractivity contribution in [3.63, 3.8) is 0 Å². The number of aryl methyl sites for hydroxylation is 1. The van der Waals surface area contributed by atoms with Gasteiger partial charge in [0.1, 0.15) is 0 Å². The first kappa shape index (κ1) is 16.3. The molecule has 4 heteroatoms. The monoisotopic (exact) mass is 335 g/mol. The van der Waals surface area contributed by atoms with E-state index < -0.39 is 0 Å². The summed E-state index contributed by atoms with van der Waals surface area (Å²) in [7, 11) is 0. The van der Waals surface area contributed by atoms with E-state index in [1.807, 2.05) is 19.1 Å². The van der Waals surface area contributed by atoms with Crippen molar-refractivity contribution in [3.05, 3.63) is 65.5 Å². The van der Waals surface area contributed by atoms with Crippen LogP contribution in [0.3, 0.4) is 0 Å². The van der Waals surface area contributed by atoms with Crippen LogP contribution in [0, 0.1) is 12.8 Å². The molecule has 25 heavy (non-hydrogen) atoms. The van der Waals surface area contributed by atoms with Gasteiger partial charge < -0.3 is 4.90 Å². The first-order valence-electron chi connectivity index (χ1n) is 9.19. The molecule has 0 N–H and O–H groups in total. The van der Waals surface area contributed by atoms with E-state index >= 15 is 0 Å². The maximum atomic E-state index is 13.0. The van der Waals surface area contributed by atoms with E-state index in [-0.39, 0.29) is 5.91 Å². The number of hydrogen-bond donors (Lipinski definition) is 0. The molecule has 1 amide bonds. The summed E-state index contributed by atoms with van der Waals surface area (Å²) in [6.45, 7) is 5.85. The predicted molar refractivity (Wildman–Crippen MR) is 98.2 cm³/mol. The Morgan fingerprint density at radius 3 is 2.68 bits per heavy atom. The van der Waals surface area contributed by atoms with Crippen LogP contribution in [0.2, 0.25) is 0 Å². The minimum Gasteiger partial charge on any atom is -0.334 e. The molecular formula is C21H25N3O. The molecule has 0 saturated carbocycles. The molecule has 3 saturated heterocycles. The Bertz CT molecular complexity index is 729. The maximum Gasteiger partial charge on any atom is 0.255 e. The van der Waals surface area contributed by atoms with Gasteiger partial charge in [-0.2, -0.15) is 0 Å². The van der Waals surface area contributed by atoms with Crippen molar-refractivity contribution in [3.8, 4) is 0 Å². The molecule has 2 atom stereocenters. The van der Waals surface area contributed by atoms with E-state index in [4.69, 9.17) is 0 Å². The third kappa shape index (κ3) is 3.59. The average Bonchev–Trinajstić information content (AvgIpc) is 2.93. The smallest absolute Gasteiger partial charge is 0.255 e. The summed E-state index contributed by atoms with van der Waals surface area (Å²) in [6.07, 6.45) is 4.06. The predicted octanol–water partition coefficient (Wildman–Crippen LogP) is 3.13. The number of amides is 1. The van der Waals surface area contributed by atoms with Crippen LogP contribution < -0.4 is 0 Å². The summed E-state index contributed by atoms with van der Waals surface area (Å²) < 4.78 is 0. The van der Waals surface area contributed by atoms with E-state index in [0.717, 1.165) is 38.3 Å². The van der Waals surface area contributed by atoms with Crippen LogP contribution in [0.4, 0.5) is 0 Å². The topological polar surface area (TPSA) is 36.4 Å². The van der Waals surface area contributed by atoms with Gasteiger partial charge in [-0.05, 0) is 43.4 Å². The Morgan fingerprint density at radius 2 is 1.92 bits per heavy atom. The molecule has 130 valence electrons. The largest absolute Gasteiger partial charge is 0.334 e. The number of carbonyl (C=O) groups is 1. The van der Waals surface area contributed by atoms with Gasteiger partial charge in [-0.3, -0.25) is 14.7 Å². The molecule has 4 heterocycles. The fourth-order valence-corrected chi connectivity index (χ4v) is 4.16. The Hall–Kier alpha value is -2.20. The first-order valence-corrected chi connectivity index (χ1v) is 9.19. The van der Waals surface area contributed by atoms with Crippen molar-refractivity contribution >= 4 is 5.91 Å². The van der Waals surface area contributed by atoms with Crippen molar-refractivity contribution in [1.82, 2.24) is 14.8 Å². The van der Waals surface area contributed by atoms with Crippen molar-refractivity contribution in [2.45, 2.75) is 32.4 Å². The van der Waals surface area contributed by atoms with Gasteiger partial charge in [-0.15, -0.1) is 0 Å². The van der Waals surface area contributed by atoms with E-state index in [2.05, 4.69) is 45.1 Å². The highest BCUT2D eigenvalue weighted by atomic mass is 16.2. The summed E-state index contributed by atoms with van der Waals surface area (Å²) in [5, 5.41) is 0. The fourth-order valence-electron chi connectivity index (χ4n) is 4.16. The highest BCUT2D eigenvalue weighted by Crippen LogP contribution is 2.29. The average molecular weight is 335 g/mol. The van der Waals surface area contributed by atoms with E-state index in [1.165, 1.54) is 12.0 Å². The van der Waals surface area contributed by atoms with Gasteiger partial charge in [-0.1, -0.05) is 30.3 Å². The van der Waals surface area contributed by atoms with Crippen LogP contribution in [-0.4, -0.2) is 46.4 Å². The summed E-state index contributed by atoms with van der Waals surface area (Å²) >= 11 is 0. The second kappa shape index (κ2) is 6.96. The van der Waals surface area contributed by atoms with Crippen molar-refractivity contribution in [1.29, 1.82) is 0 Å². The summed E-state index contributed by atoms with van der Waals surface area (Å²) in [5.74, 6) is 0.716. The van der Waals surface area contributed by atoms with E-state index in [0.29, 0.717) is 17.5 Å². The van der Waals surface area contributed by atoms with E-state index in [1.54, 1.807) is 6.20 Å². The molecular weight excluding hydrogens is 310 g/mol. The standard InChI is InChI=1S/C21H25N3O/c1-16-7-9-19(11-22-16)21(25)24-14-18-8-10-20(24)15-23(13-18)12-17-5-3-2-4-6-17/h2-7,9,11,18,20H,8,10,12-15H2,1H3/t18-,20+/m0/s1. The second-order valence-corrected chi connectivity index (χ2v) is 7.42. The molecule has 0 unspecified atom stereocenters. The van der Waals surface area contributed by atoms with Crippen LogP contribution in [0.5, 0.6) is 0 Å². The van der Waals surface area contributed by atoms with Gasteiger partial charge in [0.2, 0.25) is 0 Å². The lowest BCUT2D eigenvalue weighted by Crippen LogP contribution is -2.47. The number of aromatic nitrogens is 1. The van der Waals surface area contributed by atoms with Crippen molar-refractivity contribution < 1.29 is 4.79 Å². The van der Waals surface area contributed by atoms with Gasteiger partial charge in [0.05, 0.1) is 5.56 Å². The molecule has 2 bridgehead atoms. The molecule has 1 aromatic heterocycles. The van der Waals surface area contributed by atoms with Gasteiger partial charge in [0, 0.05) is 44.1 Å². The van der Waals surface area contributed by atoms with Crippen molar-refractivity contribution in [2.24, 2.45) is 5.92 Å². The highest BCUT2D eigenvalue weighted by molar-refractivity contribution is 5.94.